The fourth-order valence-electron chi connectivity index (χ4n) is 4.66. The molecule has 2 aromatic carbocycles. The molecule has 0 bridgehead atoms. The van der Waals surface area contributed by atoms with Crippen molar-refractivity contribution in [3.63, 3.8) is 0 Å². The highest BCUT2D eigenvalue weighted by Gasteiger charge is 2.32. The van der Waals surface area contributed by atoms with Crippen LogP contribution in [0.2, 0.25) is 5.02 Å². The molecule has 2 fully saturated rings. The molecule has 0 atom stereocenters. The summed E-state index contributed by atoms with van der Waals surface area (Å²) >= 11 is 6.09. The molecule has 4 rings (SSSR count). The quantitative estimate of drug-likeness (QED) is 0.624. The Morgan fingerprint density at radius 2 is 1.68 bits per heavy atom. The maximum absolute atomic E-state index is 13.1. The molecule has 0 radical (unpaired) electrons. The predicted molar refractivity (Wildman–Crippen MR) is 135 cm³/mol. The van der Waals surface area contributed by atoms with Crippen molar-refractivity contribution in [1.29, 1.82) is 0 Å². The number of piperidine rings is 1. The van der Waals surface area contributed by atoms with Gasteiger partial charge in [-0.15, -0.1) is 0 Å². The zero-order chi connectivity index (χ0) is 23.9. The van der Waals surface area contributed by atoms with Gasteiger partial charge in [0.2, 0.25) is 5.91 Å². The summed E-state index contributed by atoms with van der Waals surface area (Å²) in [4.78, 5) is 32.3. The van der Waals surface area contributed by atoms with E-state index in [0.717, 1.165) is 32.7 Å². The molecule has 0 N–H and O–H groups in total. The fraction of sp³-hybridized carbons (Fsp3) is 0.407. The maximum atomic E-state index is 13.1. The molecule has 0 aliphatic carbocycles. The SMILES string of the molecule is COc1ccc(Cl)cc1C(=O)N1CCC(C(=O)N2CCN(C/C=C/c3ccccc3)CC2)CC1. The molecule has 2 aliphatic heterocycles. The Bertz CT molecular complexity index is 1010. The largest absolute Gasteiger partial charge is 0.496 e. The maximum Gasteiger partial charge on any atom is 0.257 e. The van der Waals surface area contributed by atoms with Gasteiger partial charge < -0.3 is 14.5 Å². The zero-order valence-corrected chi connectivity index (χ0v) is 20.4. The van der Waals surface area contributed by atoms with Gasteiger partial charge in [-0.1, -0.05) is 54.1 Å². The van der Waals surface area contributed by atoms with Crippen molar-refractivity contribution < 1.29 is 14.3 Å². The molecule has 2 amide bonds. The van der Waals surface area contributed by atoms with Crippen molar-refractivity contribution in [2.75, 3.05) is 52.9 Å². The summed E-state index contributed by atoms with van der Waals surface area (Å²) in [5, 5.41) is 0.504. The third kappa shape index (κ3) is 5.99. The Kier molecular flexibility index (Phi) is 8.25. The fourth-order valence-corrected chi connectivity index (χ4v) is 4.83. The number of carbonyl (C=O) groups excluding carboxylic acids is 2. The molecule has 34 heavy (non-hydrogen) atoms. The minimum Gasteiger partial charge on any atom is -0.496 e. The molecule has 7 heteroatoms. The van der Waals surface area contributed by atoms with Crippen LogP contribution in [0.25, 0.3) is 6.08 Å². The van der Waals surface area contributed by atoms with Crippen molar-refractivity contribution in [3.8, 4) is 5.75 Å². The molecule has 6 nitrogen and oxygen atoms in total. The first kappa shape index (κ1) is 24.3. The Labute approximate surface area is 206 Å². The smallest absolute Gasteiger partial charge is 0.257 e. The monoisotopic (exact) mass is 481 g/mol. The number of piperazine rings is 1. The first-order valence-electron chi connectivity index (χ1n) is 11.9. The molecule has 180 valence electrons. The topological polar surface area (TPSA) is 53.1 Å². The molecule has 0 unspecified atom stereocenters. The van der Waals surface area contributed by atoms with Gasteiger partial charge >= 0.3 is 0 Å². The van der Waals surface area contributed by atoms with Crippen LogP contribution >= 0.6 is 11.6 Å². The minimum atomic E-state index is -0.0950. The Morgan fingerprint density at radius 1 is 0.971 bits per heavy atom. The second kappa shape index (κ2) is 11.5. The molecular weight excluding hydrogens is 450 g/mol. The highest BCUT2D eigenvalue weighted by Crippen LogP contribution is 2.27. The number of likely N-dealkylation sites (tertiary alicyclic amines) is 1. The summed E-state index contributed by atoms with van der Waals surface area (Å²) in [6.45, 7) is 5.32. The van der Waals surface area contributed by atoms with E-state index in [4.69, 9.17) is 16.3 Å². The lowest BCUT2D eigenvalue weighted by Crippen LogP contribution is -2.51. The van der Waals surface area contributed by atoms with Crippen LogP contribution in [0.1, 0.15) is 28.8 Å². The predicted octanol–water partition coefficient (Wildman–Crippen LogP) is 4.06. The Balaban J connectivity index is 1.23. The first-order chi connectivity index (χ1) is 16.5. The average Bonchev–Trinajstić information content (AvgIpc) is 2.89. The Hall–Kier alpha value is -2.83. The van der Waals surface area contributed by atoms with Gasteiger partial charge in [0.1, 0.15) is 5.75 Å². The van der Waals surface area contributed by atoms with Crippen molar-refractivity contribution >= 4 is 29.5 Å². The van der Waals surface area contributed by atoms with Gasteiger partial charge in [0.25, 0.3) is 5.91 Å². The lowest BCUT2D eigenvalue weighted by atomic mass is 9.94. The third-order valence-electron chi connectivity index (χ3n) is 6.68. The van der Waals surface area contributed by atoms with E-state index in [2.05, 4.69) is 29.2 Å². The number of hydrogen-bond acceptors (Lipinski definition) is 4. The molecule has 0 saturated carbocycles. The van der Waals surface area contributed by atoms with Crippen LogP contribution in [-0.2, 0) is 4.79 Å². The van der Waals surface area contributed by atoms with Crippen LogP contribution in [0, 0.1) is 5.92 Å². The number of benzene rings is 2. The van der Waals surface area contributed by atoms with E-state index in [1.807, 2.05) is 23.1 Å². The second-order valence-electron chi connectivity index (χ2n) is 8.85. The average molecular weight is 482 g/mol. The van der Waals surface area contributed by atoms with Crippen molar-refractivity contribution in [2.45, 2.75) is 12.8 Å². The lowest BCUT2D eigenvalue weighted by molar-refractivity contribution is -0.138. The van der Waals surface area contributed by atoms with Gasteiger partial charge in [-0.25, -0.2) is 0 Å². The highest BCUT2D eigenvalue weighted by molar-refractivity contribution is 6.31. The summed E-state index contributed by atoms with van der Waals surface area (Å²) < 4.78 is 5.33. The van der Waals surface area contributed by atoms with Crippen molar-refractivity contribution in [1.82, 2.24) is 14.7 Å². The van der Waals surface area contributed by atoms with Gasteiger partial charge in [0.15, 0.2) is 0 Å². The first-order valence-corrected chi connectivity index (χ1v) is 12.3. The van der Waals surface area contributed by atoms with E-state index in [0.29, 0.717) is 42.3 Å². The summed E-state index contributed by atoms with van der Waals surface area (Å²) in [5.41, 5.74) is 1.67. The molecule has 2 aromatic rings. The van der Waals surface area contributed by atoms with Crippen LogP contribution < -0.4 is 4.74 Å². The molecular formula is C27H32ClN3O3. The van der Waals surface area contributed by atoms with Gasteiger partial charge in [-0.3, -0.25) is 14.5 Å². The van der Waals surface area contributed by atoms with Crippen LogP contribution in [0.3, 0.4) is 0 Å². The van der Waals surface area contributed by atoms with Gasteiger partial charge in [0, 0.05) is 56.8 Å². The van der Waals surface area contributed by atoms with E-state index < -0.39 is 0 Å². The number of methoxy groups -OCH3 is 1. The van der Waals surface area contributed by atoms with E-state index in [1.165, 1.54) is 5.56 Å². The van der Waals surface area contributed by atoms with E-state index >= 15 is 0 Å². The van der Waals surface area contributed by atoms with Crippen molar-refractivity contribution in [3.05, 3.63) is 70.8 Å². The molecule has 0 spiro atoms. The normalized spacial score (nSPS) is 17.8. The molecule has 2 heterocycles. The Morgan fingerprint density at radius 3 is 2.35 bits per heavy atom. The summed E-state index contributed by atoms with van der Waals surface area (Å²) in [5.74, 6) is 0.633. The number of halogens is 1. The van der Waals surface area contributed by atoms with E-state index in [-0.39, 0.29) is 17.7 Å². The summed E-state index contributed by atoms with van der Waals surface area (Å²) in [6.07, 6.45) is 5.71. The van der Waals surface area contributed by atoms with Crippen molar-refractivity contribution in [2.24, 2.45) is 5.92 Å². The van der Waals surface area contributed by atoms with Gasteiger partial charge in [0.05, 0.1) is 12.7 Å². The van der Waals surface area contributed by atoms with Crippen LogP contribution in [0.15, 0.2) is 54.6 Å². The van der Waals surface area contributed by atoms with Gasteiger partial charge in [-0.2, -0.15) is 0 Å². The van der Waals surface area contributed by atoms with Crippen LogP contribution in [-0.4, -0.2) is 79.4 Å². The number of ether oxygens (including phenoxy) is 1. The highest BCUT2D eigenvalue weighted by atomic mass is 35.5. The molecule has 2 aliphatic rings. The second-order valence-corrected chi connectivity index (χ2v) is 9.29. The third-order valence-corrected chi connectivity index (χ3v) is 6.92. The lowest BCUT2D eigenvalue weighted by Gasteiger charge is -2.38. The molecule has 2 saturated heterocycles. The number of hydrogen-bond donors (Lipinski definition) is 0. The van der Waals surface area contributed by atoms with Crippen LogP contribution in [0.4, 0.5) is 0 Å². The number of amides is 2. The standard InChI is InChI=1S/C27H32ClN3O3/c1-34-25-10-9-23(28)20-24(25)27(33)30-14-11-22(12-15-30)26(32)31-18-16-29(17-19-31)13-5-8-21-6-3-2-4-7-21/h2-10,20,22H,11-19H2,1H3/b8-5+. The number of rotatable bonds is 6. The van der Waals surface area contributed by atoms with Crippen LogP contribution in [0.5, 0.6) is 5.75 Å². The number of carbonyl (C=O) groups is 2. The molecule has 0 aromatic heterocycles. The summed E-state index contributed by atoms with van der Waals surface area (Å²) in [6, 6.07) is 15.4. The van der Waals surface area contributed by atoms with Gasteiger partial charge in [-0.05, 0) is 36.6 Å². The zero-order valence-electron chi connectivity index (χ0n) is 19.7. The van der Waals surface area contributed by atoms with E-state index in [1.54, 1.807) is 30.2 Å². The number of nitrogens with zero attached hydrogens (tertiary/aromatic N) is 3. The summed E-state index contributed by atoms with van der Waals surface area (Å²) in [7, 11) is 1.55. The van der Waals surface area contributed by atoms with E-state index in [9.17, 15) is 9.59 Å². The minimum absolute atomic E-state index is 0.0187.